The van der Waals surface area contributed by atoms with Crippen molar-refractivity contribution in [3.8, 4) is 68.8 Å². The van der Waals surface area contributed by atoms with Gasteiger partial charge >= 0.3 is 18.5 Å². The van der Waals surface area contributed by atoms with E-state index in [1.807, 2.05) is 108 Å². The molecule has 0 atom stereocenters. The molecule has 0 aliphatic rings. The minimum Gasteiger partial charge on any atom is -0.573 e. The van der Waals surface area contributed by atoms with Gasteiger partial charge in [-0.15, -0.1) is 0 Å². The average Bonchev–Trinajstić information content (AvgIpc) is 1.72. The topological polar surface area (TPSA) is 264 Å². The summed E-state index contributed by atoms with van der Waals surface area (Å²) in [6.45, 7) is 18.6. The number of benzene rings is 1. The van der Waals surface area contributed by atoms with E-state index in [0.29, 0.717) is 28.9 Å². The fourth-order valence-corrected chi connectivity index (χ4v) is 6.87. The zero-order valence-electron chi connectivity index (χ0n) is 48.3. The largest absolute Gasteiger partial charge is 0.573 e. The summed E-state index contributed by atoms with van der Waals surface area (Å²) in [6.07, 6.45) is -5.63. The normalized spacial score (nSPS) is 11.2. The van der Waals surface area contributed by atoms with E-state index >= 15 is 0 Å². The smallest absolute Gasteiger partial charge is 0.431 e. The summed E-state index contributed by atoms with van der Waals surface area (Å²) in [6, 6.07) is 32.1. The summed E-state index contributed by atoms with van der Waals surface area (Å²) >= 11 is 0. The molecule has 11 rings (SSSR count). The number of tetrazole rings is 1. The van der Waals surface area contributed by atoms with Gasteiger partial charge < -0.3 is 45.5 Å². The van der Waals surface area contributed by atoms with E-state index in [2.05, 4.69) is 122 Å². The fraction of sp³-hybridized carbons (Fsp3) is 0.268. The zero-order chi connectivity index (χ0) is 61.8. The Hall–Kier alpha value is -6.71. The number of hydrogen-bond donors (Lipinski definition) is 0. The van der Waals surface area contributed by atoms with Gasteiger partial charge in [0.05, 0.1) is 34.4 Å². The number of rotatable bonds is 6. The molecule has 10 aromatic heterocycles. The van der Waals surface area contributed by atoms with Crippen LogP contribution in [0.2, 0.25) is 0 Å². The third-order valence-corrected chi connectivity index (χ3v) is 11.4. The minimum absolute atomic E-state index is 0. The fourth-order valence-electron chi connectivity index (χ4n) is 6.87. The Morgan fingerprint density at radius 3 is 1.13 bits per heavy atom. The van der Waals surface area contributed by atoms with Crippen molar-refractivity contribution < 1.29 is 140 Å². The Morgan fingerprint density at radius 2 is 0.744 bits per heavy atom. The third-order valence-electron chi connectivity index (χ3n) is 11.4. The quantitative estimate of drug-likeness (QED) is 0.140. The molecular formula is C56H50F9Ir5N20-5. The van der Waals surface area contributed by atoms with Crippen LogP contribution >= 0.6 is 0 Å². The average molecular weight is 2140 g/mol. The summed E-state index contributed by atoms with van der Waals surface area (Å²) in [7, 11) is 0. The molecule has 11 aromatic rings. The van der Waals surface area contributed by atoms with E-state index in [4.69, 9.17) is 0 Å². The molecule has 5 radical (unpaired) electrons. The molecule has 0 N–H and O–H groups in total. The molecule has 0 amide bonds. The minimum atomic E-state index is -4.59. The second-order valence-electron chi connectivity index (χ2n) is 21.0. The standard InChI is InChI=1S/C17H17N4.C13H13F3N3.C12H12F3N4.C8H4F3N4.C6H4N5.5Ir/c1-17(2,3)13-9-10-18-14(11-13)16-19-15(20-21-16)12-7-5-4-6-8-12;1-12(2,3)8-4-5-17-9(6-8)10-7-11(19-18-10)13(14,15)16;1-11(2,3)7-4-5-16-8(6-7)9-17-10(19-18-9)12(13,14)15;9-8(10,11)7-13-6(14-15-7)5-3-1-2-4-12-5;1-2-4-7-5(3-1)6-8-10-11-9-6;;;;;/h4-11H,1-3H3;4-7H,1-3H3;4-6H,1-3H3;1-4H;1-4H;;;;;/q5*-1;;;;;. The van der Waals surface area contributed by atoms with Crippen molar-refractivity contribution in [1.82, 2.24) is 101 Å². The number of aromatic nitrogens is 20. The van der Waals surface area contributed by atoms with Gasteiger partial charge in [0.25, 0.3) is 0 Å². The van der Waals surface area contributed by atoms with Crippen molar-refractivity contribution in [2.24, 2.45) is 0 Å². The molecule has 0 aliphatic heterocycles. The van der Waals surface area contributed by atoms with Crippen molar-refractivity contribution in [2.45, 2.75) is 97.1 Å². The molecule has 0 aliphatic carbocycles. The molecule has 0 spiro atoms. The monoisotopic (exact) mass is 2140 g/mol. The maximum Gasteiger partial charge on any atom is 0.431 e. The van der Waals surface area contributed by atoms with Crippen LogP contribution in [0.15, 0.2) is 140 Å². The first-order valence-corrected chi connectivity index (χ1v) is 25.3. The first-order chi connectivity index (χ1) is 39.9. The van der Waals surface area contributed by atoms with Crippen molar-refractivity contribution in [3.05, 3.63) is 174 Å². The van der Waals surface area contributed by atoms with Gasteiger partial charge in [0, 0.05) is 137 Å². The van der Waals surface area contributed by atoms with Crippen molar-refractivity contribution >= 4 is 0 Å². The predicted molar refractivity (Wildman–Crippen MR) is 289 cm³/mol. The maximum atomic E-state index is 12.5. The number of hydrogen-bond acceptors (Lipinski definition) is 15. The zero-order valence-corrected chi connectivity index (χ0v) is 60.3. The van der Waals surface area contributed by atoms with Crippen LogP contribution in [-0.2, 0) is 135 Å². The number of halogens is 9. The SMILES string of the molecule is CC(C)(C)c1ccnc(-c2cc(C(F)(F)F)n[n-]2)c1.CC(C)(C)c1ccnc(-c2nc(-c3ccccc3)n[n-]2)c1.CC(C)(C)c1ccnc(-c2nc(C(F)(F)F)n[n-]2)c1.FC(F)(F)c1n[n-]c(-c2ccccn2)n1.[Ir].[Ir].[Ir].[Ir].[Ir].c1ccc(-c2nnn[n-]2)nc1. The van der Waals surface area contributed by atoms with Crippen LogP contribution in [0.5, 0.6) is 0 Å². The Morgan fingerprint density at radius 1 is 0.344 bits per heavy atom. The summed E-state index contributed by atoms with van der Waals surface area (Å²) in [5, 5.41) is 41.7. The summed E-state index contributed by atoms with van der Waals surface area (Å²) < 4.78 is 111. The summed E-state index contributed by atoms with van der Waals surface area (Å²) in [5.41, 5.74) is 5.46. The van der Waals surface area contributed by atoms with E-state index in [9.17, 15) is 39.5 Å². The summed E-state index contributed by atoms with van der Waals surface area (Å²) in [5.74, 6) is -1.06. The molecule has 0 fully saturated rings. The Balaban J connectivity index is 0.000000383. The molecule has 1 aromatic carbocycles. The molecule has 0 saturated heterocycles. The van der Waals surface area contributed by atoms with Crippen LogP contribution in [0.25, 0.3) is 68.8 Å². The molecule has 487 valence electrons. The van der Waals surface area contributed by atoms with E-state index in [1.54, 1.807) is 48.9 Å². The molecule has 10 heterocycles. The van der Waals surface area contributed by atoms with Crippen LogP contribution in [-0.4, -0.2) is 75.8 Å². The van der Waals surface area contributed by atoms with Crippen LogP contribution in [0.1, 0.15) is 96.3 Å². The first-order valence-electron chi connectivity index (χ1n) is 25.3. The van der Waals surface area contributed by atoms with Crippen molar-refractivity contribution in [2.75, 3.05) is 0 Å². The van der Waals surface area contributed by atoms with Crippen molar-refractivity contribution in [1.29, 1.82) is 0 Å². The molecule has 20 nitrogen and oxygen atoms in total. The first kappa shape index (κ1) is 79.4. The van der Waals surface area contributed by atoms with Crippen LogP contribution in [0.4, 0.5) is 39.5 Å². The third kappa shape index (κ3) is 23.2. The van der Waals surface area contributed by atoms with Gasteiger partial charge in [-0.2, -0.15) is 44.7 Å². The molecule has 0 unspecified atom stereocenters. The number of nitrogens with zero attached hydrogens (tertiary/aromatic N) is 20. The van der Waals surface area contributed by atoms with Crippen LogP contribution in [0.3, 0.4) is 0 Å². The Kier molecular flexibility index (Phi) is 30.1. The maximum absolute atomic E-state index is 12.5. The molecular weight excluding hydrogens is 2080 g/mol. The predicted octanol–water partition coefficient (Wildman–Crippen LogP) is 11.1. The Bertz CT molecular complexity index is 3740. The summed E-state index contributed by atoms with van der Waals surface area (Å²) in [4.78, 5) is 31.3. The van der Waals surface area contributed by atoms with E-state index in [-0.39, 0.29) is 146 Å². The van der Waals surface area contributed by atoms with E-state index < -0.39 is 35.9 Å². The second-order valence-corrected chi connectivity index (χ2v) is 21.0. The van der Waals surface area contributed by atoms with Gasteiger partial charge in [0.2, 0.25) is 0 Å². The van der Waals surface area contributed by atoms with Gasteiger partial charge in [-0.05, 0) is 123 Å². The molecule has 0 bridgehead atoms. The number of alkyl halides is 9. The number of pyridine rings is 5. The molecule has 0 saturated carbocycles. The van der Waals surface area contributed by atoms with Gasteiger partial charge in [-0.3, -0.25) is 50.5 Å². The molecule has 90 heavy (non-hydrogen) atoms. The van der Waals surface area contributed by atoms with Gasteiger partial charge in [0.15, 0.2) is 0 Å². The van der Waals surface area contributed by atoms with Crippen LogP contribution < -0.4 is 25.5 Å². The van der Waals surface area contributed by atoms with E-state index in [0.717, 1.165) is 28.5 Å². The van der Waals surface area contributed by atoms with Crippen molar-refractivity contribution in [3.63, 3.8) is 0 Å². The van der Waals surface area contributed by atoms with Gasteiger partial charge in [0.1, 0.15) is 17.3 Å². The second kappa shape index (κ2) is 34.1. The van der Waals surface area contributed by atoms with E-state index in [1.165, 1.54) is 24.0 Å². The Labute approximate surface area is 577 Å². The van der Waals surface area contributed by atoms with Gasteiger partial charge in [-0.25, -0.2) is 0 Å². The molecule has 34 heteroatoms. The van der Waals surface area contributed by atoms with Crippen LogP contribution in [0, 0.1) is 0 Å². The van der Waals surface area contributed by atoms with Gasteiger partial charge in [-0.1, -0.05) is 110 Å².